The van der Waals surface area contributed by atoms with E-state index in [2.05, 4.69) is 30.7 Å². The van der Waals surface area contributed by atoms with Crippen LogP contribution < -0.4 is 10.5 Å². The number of hydrogen-bond acceptors (Lipinski definition) is 7. The highest BCUT2D eigenvalue weighted by molar-refractivity contribution is 8.26. The molecule has 4 heterocycles. The van der Waals surface area contributed by atoms with Crippen LogP contribution in [0.2, 0.25) is 0 Å². The van der Waals surface area contributed by atoms with Gasteiger partial charge in [0.05, 0.1) is 10.5 Å². The van der Waals surface area contributed by atoms with E-state index in [1.54, 1.807) is 21.6 Å². The molecule has 2 aliphatic heterocycles. The Morgan fingerprint density at radius 1 is 1.23 bits per heavy atom. The minimum atomic E-state index is -0.170. The zero-order chi connectivity index (χ0) is 22.3. The first-order chi connectivity index (χ1) is 14.8. The highest BCUT2D eigenvalue weighted by Crippen LogP contribution is 2.34. The lowest BCUT2D eigenvalue weighted by Crippen LogP contribution is -2.45. The number of nitrogens with zero attached hydrogens (tertiary/aromatic N) is 5. The molecule has 31 heavy (non-hydrogen) atoms. The molecule has 2 aliphatic rings. The zero-order valence-electron chi connectivity index (χ0n) is 18.3. The Bertz CT molecular complexity index is 1130. The number of aromatic nitrogens is 2. The third kappa shape index (κ3) is 4.26. The summed E-state index contributed by atoms with van der Waals surface area (Å²) in [6.07, 6.45) is 3.42. The van der Waals surface area contributed by atoms with Crippen molar-refractivity contribution in [3.8, 4) is 0 Å². The molecule has 0 aromatic carbocycles. The molecule has 1 amide bonds. The van der Waals surface area contributed by atoms with Crippen molar-refractivity contribution in [2.24, 2.45) is 5.92 Å². The van der Waals surface area contributed by atoms with Crippen molar-refractivity contribution in [2.45, 2.75) is 20.8 Å². The predicted molar refractivity (Wildman–Crippen MR) is 131 cm³/mol. The molecule has 0 saturated carbocycles. The van der Waals surface area contributed by atoms with E-state index >= 15 is 0 Å². The van der Waals surface area contributed by atoms with Gasteiger partial charge in [-0.1, -0.05) is 43.9 Å². The lowest BCUT2D eigenvalue weighted by atomic mass is 10.2. The van der Waals surface area contributed by atoms with Crippen LogP contribution in [-0.2, 0) is 4.79 Å². The zero-order valence-corrected chi connectivity index (χ0v) is 19.9. The van der Waals surface area contributed by atoms with Crippen molar-refractivity contribution < 1.29 is 4.79 Å². The van der Waals surface area contributed by atoms with Gasteiger partial charge in [-0.25, -0.2) is 4.98 Å². The second-order valence-corrected chi connectivity index (χ2v) is 10.2. The topological polar surface area (TPSA) is 61.2 Å². The minimum absolute atomic E-state index is 0.137. The first-order valence-electron chi connectivity index (χ1n) is 10.5. The molecular weight excluding hydrogens is 430 g/mol. The lowest BCUT2D eigenvalue weighted by molar-refractivity contribution is -0.122. The molecule has 0 aliphatic carbocycles. The van der Waals surface area contributed by atoms with Crippen LogP contribution >= 0.6 is 24.0 Å². The summed E-state index contributed by atoms with van der Waals surface area (Å²) in [4.78, 5) is 37.9. The summed E-state index contributed by atoms with van der Waals surface area (Å²) >= 11 is 6.70. The van der Waals surface area contributed by atoms with E-state index < -0.39 is 0 Å². The SMILES string of the molecule is Cc1cccn2c(=O)c(C=C3SC(=S)N(CC(C)C)C3=O)c(N3CCN(C)CC3)nc12. The maximum Gasteiger partial charge on any atom is 0.267 e. The average Bonchev–Trinajstić information content (AvgIpc) is 2.98. The Hall–Kier alpha value is -2.23. The van der Waals surface area contributed by atoms with Crippen LogP contribution in [0.5, 0.6) is 0 Å². The molecule has 7 nitrogen and oxygen atoms in total. The van der Waals surface area contributed by atoms with Crippen molar-refractivity contribution in [1.82, 2.24) is 19.2 Å². The highest BCUT2D eigenvalue weighted by atomic mass is 32.2. The number of carbonyl (C=O) groups excluding carboxylic acids is 1. The minimum Gasteiger partial charge on any atom is -0.353 e. The molecule has 2 fully saturated rings. The summed E-state index contributed by atoms with van der Waals surface area (Å²) in [6, 6.07) is 3.79. The Morgan fingerprint density at radius 2 is 1.94 bits per heavy atom. The van der Waals surface area contributed by atoms with E-state index in [4.69, 9.17) is 17.2 Å². The van der Waals surface area contributed by atoms with Gasteiger partial charge in [-0.3, -0.25) is 18.9 Å². The van der Waals surface area contributed by atoms with Gasteiger partial charge in [0.15, 0.2) is 0 Å². The second kappa shape index (κ2) is 8.72. The molecule has 9 heteroatoms. The molecule has 0 unspecified atom stereocenters. The molecular formula is C22H27N5O2S2. The fourth-order valence-electron chi connectivity index (χ4n) is 3.84. The van der Waals surface area contributed by atoms with E-state index in [-0.39, 0.29) is 11.5 Å². The predicted octanol–water partition coefficient (Wildman–Crippen LogP) is 2.61. The van der Waals surface area contributed by atoms with Crippen molar-refractivity contribution in [2.75, 3.05) is 44.7 Å². The number of amides is 1. The number of carbonyl (C=O) groups is 1. The summed E-state index contributed by atoms with van der Waals surface area (Å²) in [5.74, 6) is 0.807. The third-order valence-electron chi connectivity index (χ3n) is 5.56. The van der Waals surface area contributed by atoms with Gasteiger partial charge in [0.2, 0.25) is 0 Å². The molecule has 2 aromatic heterocycles. The van der Waals surface area contributed by atoms with Gasteiger partial charge in [-0.2, -0.15) is 0 Å². The number of aryl methyl sites for hydroxylation is 1. The Morgan fingerprint density at radius 3 is 2.61 bits per heavy atom. The standard InChI is InChI=1S/C22H27N5O2S2/c1-14(2)13-27-21(29)17(31-22(27)30)12-16-19(25-10-8-24(4)9-11-25)23-18-15(3)6-5-7-26(18)20(16)28/h5-7,12,14H,8-11,13H2,1-4H3. The number of fused-ring (bicyclic) bond motifs is 1. The van der Waals surface area contributed by atoms with Gasteiger partial charge in [-0.05, 0) is 37.6 Å². The van der Waals surface area contributed by atoms with Crippen LogP contribution in [0.25, 0.3) is 11.7 Å². The van der Waals surface area contributed by atoms with Crippen LogP contribution in [0, 0.1) is 12.8 Å². The fraction of sp³-hybridized carbons (Fsp3) is 0.455. The number of rotatable bonds is 4. The number of thioether (sulfide) groups is 1. The van der Waals surface area contributed by atoms with Gasteiger partial charge in [0.1, 0.15) is 15.8 Å². The maximum absolute atomic E-state index is 13.5. The van der Waals surface area contributed by atoms with Gasteiger partial charge >= 0.3 is 0 Å². The Kier molecular flexibility index (Phi) is 6.18. The fourth-order valence-corrected chi connectivity index (χ4v) is 5.10. The third-order valence-corrected chi connectivity index (χ3v) is 6.94. The largest absolute Gasteiger partial charge is 0.353 e. The summed E-state index contributed by atoms with van der Waals surface area (Å²) in [5, 5.41) is 0. The van der Waals surface area contributed by atoms with Crippen LogP contribution in [0.1, 0.15) is 25.0 Å². The van der Waals surface area contributed by atoms with Crippen LogP contribution in [-0.4, -0.2) is 69.2 Å². The van der Waals surface area contributed by atoms with E-state index in [0.29, 0.717) is 38.7 Å². The summed E-state index contributed by atoms with van der Waals surface area (Å²) in [6.45, 7) is 9.97. The normalized spacial score (nSPS) is 19.5. The summed E-state index contributed by atoms with van der Waals surface area (Å²) in [5.41, 5.74) is 1.85. The Labute approximate surface area is 191 Å². The van der Waals surface area contributed by atoms with Gasteiger partial charge in [0.25, 0.3) is 11.5 Å². The molecule has 4 rings (SSSR count). The monoisotopic (exact) mass is 457 g/mol. The molecule has 164 valence electrons. The van der Waals surface area contributed by atoms with Crippen molar-refractivity contribution in [3.63, 3.8) is 0 Å². The number of anilines is 1. The van der Waals surface area contributed by atoms with Crippen LogP contribution in [0.3, 0.4) is 0 Å². The molecule has 0 spiro atoms. The highest BCUT2D eigenvalue weighted by Gasteiger charge is 2.33. The van der Waals surface area contributed by atoms with Crippen molar-refractivity contribution >= 4 is 51.7 Å². The molecule has 2 aromatic rings. The summed E-state index contributed by atoms with van der Waals surface area (Å²) < 4.78 is 2.10. The Balaban J connectivity index is 1.85. The van der Waals surface area contributed by atoms with Gasteiger partial charge < -0.3 is 9.80 Å². The number of hydrogen-bond donors (Lipinski definition) is 0. The lowest BCUT2D eigenvalue weighted by Gasteiger charge is -2.34. The number of pyridine rings is 1. The smallest absolute Gasteiger partial charge is 0.267 e. The number of likely N-dealkylation sites (N-methyl/N-ethyl adjacent to an activating group) is 1. The van der Waals surface area contributed by atoms with Crippen LogP contribution in [0.15, 0.2) is 28.0 Å². The van der Waals surface area contributed by atoms with Gasteiger partial charge in [-0.15, -0.1) is 0 Å². The quantitative estimate of drug-likeness (QED) is 0.517. The number of piperazine rings is 1. The molecule has 0 N–H and O–H groups in total. The van der Waals surface area contributed by atoms with Gasteiger partial charge in [0, 0.05) is 38.9 Å². The summed E-state index contributed by atoms with van der Waals surface area (Å²) in [7, 11) is 2.09. The number of thiocarbonyl (C=S) groups is 1. The van der Waals surface area contributed by atoms with Crippen LogP contribution in [0.4, 0.5) is 5.82 Å². The molecule has 2 saturated heterocycles. The first-order valence-corrected chi connectivity index (χ1v) is 11.7. The van der Waals surface area contributed by atoms with E-state index in [1.165, 1.54) is 11.8 Å². The maximum atomic E-state index is 13.5. The first kappa shape index (κ1) is 22.0. The van der Waals surface area contributed by atoms with Crippen molar-refractivity contribution in [1.29, 1.82) is 0 Å². The molecule has 0 atom stereocenters. The molecule has 0 radical (unpaired) electrons. The molecule has 0 bridgehead atoms. The second-order valence-electron chi connectivity index (χ2n) is 8.52. The van der Waals surface area contributed by atoms with E-state index in [9.17, 15) is 9.59 Å². The average molecular weight is 458 g/mol. The van der Waals surface area contributed by atoms with E-state index in [0.717, 1.165) is 31.7 Å². The van der Waals surface area contributed by atoms with E-state index in [1.807, 2.05) is 19.1 Å². The van der Waals surface area contributed by atoms with Crippen molar-refractivity contribution in [3.05, 3.63) is 44.7 Å².